The number of rotatable bonds is 6. The van der Waals surface area contributed by atoms with Crippen molar-refractivity contribution in [1.82, 2.24) is 9.80 Å². The molecular formula is C16H24N2OS. The maximum Gasteiger partial charge on any atom is 0.233 e. The molecular weight excluding hydrogens is 268 g/mol. The lowest BCUT2D eigenvalue weighted by molar-refractivity contribution is -0.128. The van der Waals surface area contributed by atoms with Gasteiger partial charge in [0.25, 0.3) is 0 Å². The van der Waals surface area contributed by atoms with Gasteiger partial charge in [-0.2, -0.15) is 0 Å². The maximum atomic E-state index is 12.1. The van der Waals surface area contributed by atoms with Gasteiger partial charge in [-0.1, -0.05) is 38.1 Å². The summed E-state index contributed by atoms with van der Waals surface area (Å²) in [6.45, 7) is 10.3. The molecule has 1 aliphatic heterocycles. The van der Waals surface area contributed by atoms with Crippen molar-refractivity contribution in [2.24, 2.45) is 0 Å². The first kappa shape index (κ1) is 15.4. The summed E-state index contributed by atoms with van der Waals surface area (Å²) in [5.41, 5.74) is 2.55. The van der Waals surface area contributed by atoms with Crippen molar-refractivity contribution in [2.75, 3.05) is 31.9 Å². The Kier molecular flexibility index (Phi) is 5.49. The minimum absolute atomic E-state index is 0.194. The van der Waals surface area contributed by atoms with Gasteiger partial charge in [0.15, 0.2) is 0 Å². The topological polar surface area (TPSA) is 23.6 Å². The Bertz CT molecular complexity index is 460. The van der Waals surface area contributed by atoms with Gasteiger partial charge in [-0.15, -0.1) is 11.8 Å². The lowest BCUT2D eigenvalue weighted by atomic mass is 10.1. The van der Waals surface area contributed by atoms with E-state index in [1.807, 2.05) is 4.90 Å². The van der Waals surface area contributed by atoms with Crippen molar-refractivity contribution in [1.29, 1.82) is 0 Å². The van der Waals surface area contributed by atoms with Crippen LogP contribution < -0.4 is 0 Å². The first-order valence-electron chi connectivity index (χ1n) is 7.36. The highest BCUT2D eigenvalue weighted by atomic mass is 32.2. The van der Waals surface area contributed by atoms with Crippen LogP contribution in [0.5, 0.6) is 0 Å². The van der Waals surface area contributed by atoms with Crippen molar-refractivity contribution in [3.63, 3.8) is 0 Å². The summed E-state index contributed by atoms with van der Waals surface area (Å²) in [6.07, 6.45) is 0. The van der Waals surface area contributed by atoms with Crippen LogP contribution in [0.4, 0.5) is 0 Å². The SMILES string of the molecule is CCN(CC)CCN1C(=O)CSC1c1ccccc1C. The second kappa shape index (κ2) is 7.14. The van der Waals surface area contributed by atoms with E-state index in [2.05, 4.69) is 49.9 Å². The molecule has 1 aliphatic rings. The van der Waals surface area contributed by atoms with Crippen LogP contribution in [0.1, 0.15) is 30.3 Å². The molecule has 1 unspecified atom stereocenters. The van der Waals surface area contributed by atoms with Gasteiger partial charge in [-0.25, -0.2) is 0 Å². The summed E-state index contributed by atoms with van der Waals surface area (Å²) in [6, 6.07) is 8.39. The van der Waals surface area contributed by atoms with Crippen molar-refractivity contribution in [3.8, 4) is 0 Å². The summed E-state index contributed by atoms with van der Waals surface area (Å²) in [4.78, 5) is 16.6. The molecule has 1 amide bonds. The van der Waals surface area contributed by atoms with Gasteiger partial charge >= 0.3 is 0 Å². The van der Waals surface area contributed by atoms with E-state index in [1.165, 1.54) is 11.1 Å². The van der Waals surface area contributed by atoms with Crippen LogP contribution in [0.3, 0.4) is 0 Å². The lowest BCUT2D eigenvalue weighted by Gasteiger charge is -2.28. The van der Waals surface area contributed by atoms with Crippen molar-refractivity contribution in [2.45, 2.75) is 26.1 Å². The predicted octanol–water partition coefficient (Wildman–Crippen LogP) is 2.91. The molecule has 0 bridgehead atoms. The summed E-state index contributed by atoms with van der Waals surface area (Å²) < 4.78 is 0. The van der Waals surface area contributed by atoms with Gasteiger partial charge in [0, 0.05) is 13.1 Å². The van der Waals surface area contributed by atoms with Gasteiger partial charge in [0.1, 0.15) is 5.37 Å². The van der Waals surface area contributed by atoms with E-state index in [0.717, 1.165) is 26.2 Å². The molecule has 0 aromatic heterocycles. The standard InChI is InChI=1S/C16H24N2OS/c1-4-17(5-2)10-11-18-15(19)12-20-16(18)14-9-7-6-8-13(14)3/h6-9,16H,4-5,10-12H2,1-3H3. The highest BCUT2D eigenvalue weighted by Gasteiger charge is 2.33. The fourth-order valence-corrected chi connectivity index (χ4v) is 3.92. The van der Waals surface area contributed by atoms with E-state index >= 15 is 0 Å². The largest absolute Gasteiger partial charge is 0.325 e. The Hall–Kier alpha value is -1.00. The molecule has 2 rings (SSSR count). The molecule has 1 heterocycles. The van der Waals surface area contributed by atoms with Crippen molar-refractivity contribution < 1.29 is 4.79 Å². The third kappa shape index (κ3) is 3.36. The molecule has 0 saturated carbocycles. The van der Waals surface area contributed by atoms with E-state index < -0.39 is 0 Å². The van der Waals surface area contributed by atoms with E-state index in [1.54, 1.807) is 11.8 Å². The zero-order valence-electron chi connectivity index (χ0n) is 12.6. The maximum absolute atomic E-state index is 12.1. The van der Waals surface area contributed by atoms with E-state index in [0.29, 0.717) is 5.75 Å². The molecule has 0 aliphatic carbocycles. The van der Waals surface area contributed by atoms with Crippen molar-refractivity contribution in [3.05, 3.63) is 35.4 Å². The molecule has 20 heavy (non-hydrogen) atoms. The molecule has 0 spiro atoms. The summed E-state index contributed by atoms with van der Waals surface area (Å²) in [7, 11) is 0. The highest BCUT2D eigenvalue weighted by Crippen LogP contribution is 2.39. The van der Waals surface area contributed by atoms with E-state index in [4.69, 9.17) is 0 Å². The van der Waals surface area contributed by atoms with Crippen LogP contribution in [0.25, 0.3) is 0 Å². The van der Waals surface area contributed by atoms with Gasteiger partial charge < -0.3 is 9.80 Å². The van der Waals surface area contributed by atoms with Gasteiger partial charge in [0.05, 0.1) is 5.75 Å². The minimum Gasteiger partial charge on any atom is -0.325 e. The number of carbonyl (C=O) groups excluding carboxylic acids is 1. The van der Waals surface area contributed by atoms with E-state index in [-0.39, 0.29) is 11.3 Å². The number of nitrogens with zero attached hydrogens (tertiary/aromatic N) is 2. The van der Waals surface area contributed by atoms with Gasteiger partial charge in [0.2, 0.25) is 5.91 Å². The smallest absolute Gasteiger partial charge is 0.233 e. The number of benzene rings is 1. The third-order valence-electron chi connectivity index (χ3n) is 3.97. The number of likely N-dealkylation sites (N-methyl/N-ethyl adjacent to an activating group) is 1. The predicted molar refractivity (Wildman–Crippen MR) is 85.9 cm³/mol. The third-order valence-corrected chi connectivity index (χ3v) is 5.21. The van der Waals surface area contributed by atoms with Crippen molar-refractivity contribution >= 4 is 17.7 Å². The second-order valence-electron chi connectivity index (χ2n) is 5.13. The molecule has 110 valence electrons. The Balaban J connectivity index is 2.09. The normalized spacial score (nSPS) is 19.1. The van der Waals surface area contributed by atoms with Crippen LogP contribution in [0.15, 0.2) is 24.3 Å². The molecule has 0 radical (unpaired) electrons. The minimum atomic E-state index is 0.194. The fourth-order valence-electron chi connectivity index (χ4n) is 2.61. The van der Waals surface area contributed by atoms with E-state index in [9.17, 15) is 4.79 Å². The molecule has 1 aromatic rings. The monoisotopic (exact) mass is 292 g/mol. The van der Waals surface area contributed by atoms with Crippen LogP contribution in [0, 0.1) is 6.92 Å². The summed E-state index contributed by atoms with van der Waals surface area (Å²) in [5, 5.41) is 0.194. The average Bonchev–Trinajstić information content (AvgIpc) is 2.82. The average molecular weight is 292 g/mol. The summed E-state index contributed by atoms with van der Waals surface area (Å²) >= 11 is 1.75. The molecule has 4 heteroatoms. The van der Waals surface area contributed by atoms with Crippen LogP contribution in [0.2, 0.25) is 0 Å². The van der Waals surface area contributed by atoms with Crippen LogP contribution in [-0.2, 0) is 4.79 Å². The molecule has 1 aromatic carbocycles. The molecule has 1 fully saturated rings. The zero-order valence-corrected chi connectivity index (χ0v) is 13.4. The summed E-state index contributed by atoms with van der Waals surface area (Å²) in [5.74, 6) is 0.882. The van der Waals surface area contributed by atoms with Crippen LogP contribution >= 0.6 is 11.8 Å². The van der Waals surface area contributed by atoms with Gasteiger partial charge in [-0.3, -0.25) is 4.79 Å². The molecule has 0 N–H and O–H groups in total. The number of carbonyl (C=O) groups is 1. The number of hydrogen-bond donors (Lipinski definition) is 0. The quantitative estimate of drug-likeness (QED) is 0.805. The lowest BCUT2D eigenvalue weighted by Crippen LogP contribution is -2.37. The number of amides is 1. The zero-order chi connectivity index (χ0) is 14.5. The number of hydrogen-bond acceptors (Lipinski definition) is 3. The number of thioether (sulfide) groups is 1. The number of aryl methyl sites for hydroxylation is 1. The van der Waals surface area contributed by atoms with Crippen LogP contribution in [-0.4, -0.2) is 47.6 Å². The Morgan fingerprint density at radius 1 is 1.30 bits per heavy atom. The molecule has 3 nitrogen and oxygen atoms in total. The molecule has 1 saturated heterocycles. The Morgan fingerprint density at radius 3 is 2.65 bits per heavy atom. The fraction of sp³-hybridized carbons (Fsp3) is 0.562. The Labute approximate surface area is 126 Å². The highest BCUT2D eigenvalue weighted by molar-refractivity contribution is 8.00. The van der Waals surface area contributed by atoms with Gasteiger partial charge in [-0.05, 0) is 31.1 Å². The second-order valence-corrected chi connectivity index (χ2v) is 6.20. The molecule has 1 atom stereocenters. The first-order valence-corrected chi connectivity index (χ1v) is 8.41. The Morgan fingerprint density at radius 2 is 2.00 bits per heavy atom. The first-order chi connectivity index (χ1) is 9.67.